The van der Waals surface area contributed by atoms with E-state index < -0.39 is 0 Å². The summed E-state index contributed by atoms with van der Waals surface area (Å²) in [6, 6.07) is 5.84. The standard InChI is InChI=1S/C15H23NO3/c1-10(2)11-4-5-12(13(6-11)18-3)14(16)15(7-17)8-19-9-15/h4-6,10,14,17H,7-9,16H2,1-3H3. The van der Waals surface area contributed by atoms with E-state index in [4.69, 9.17) is 15.2 Å². The first-order valence-corrected chi connectivity index (χ1v) is 6.66. The maximum atomic E-state index is 9.57. The topological polar surface area (TPSA) is 64.7 Å². The van der Waals surface area contributed by atoms with E-state index in [1.807, 2.05) is 12.1 Å². The van der Waals surface area contributed by atoms with Crippen LogP contribution in [0, 0.1) is 5.41 Å². The van der Waals surface area contributed by atoms with Gasteiger partial charge in [0.1, 0.15) is 5.75 Å². The van der Waals surface area contributed by atoms with E-state index in [9.17, 15) is 5.11 Å². The van der Waals surface area contributed by atoms with Crippen molar-refractivity contribution in [2.45, 2.75) is 25.8 Å². The summed E-state index contributed by atoms with van der Waals surface area (Å²) >= 11 is 0. The maximum Gasteiger partial charge on any atom is 0.123 e. The van der Waals surface area contributed by atoms with E-state index in [2.05, 4.69) is 19.9 Å². The van der Waals surface area contributed by atoms with E-state index in [0.717, 1.165) is 11.3 Å². The minimum absolute atomic E-state index is 0.0310. The molecule has 4 nitrogen and oxygen atoms in total. The predicted octanol–water partition coefficient (Wildman–Crippen LogP) is 1.83. The molecule has 1 heterocycles. The third kappa shape index (κ3) is 2.48. The quantitative estimate of drug-likeness (QED) is 0.852. The zero-order valence-corrected chi connectivity index (χ0v) is 11.8. The van der Waals surface area contributed by atoms with Gasteiger partial charge in [0, 0.05) is 11.6 Å². The van der Waals surface area contributed by atoms with Gasteiger partial charge in [-0.3, -0.25) is 0 Å². The van der Waals surface area contributed by atoms with Crippen molar-refractivity contribution < 1.29 is 14.6 Å². The molecule has 1 fully saturated rings. The summed E-state index contributed by atoms with van der Waals surface area (Å²) in [7, 11) is 1.65. The van der Waals surface area contributed by atoms with Crippen LogP contribution in [0.4, 0.5) is 0 Å². The molecular weight excluding hydrogens is 242 g/mol. The summed E-state index contributed by atoms with van der Waals surface area (Å²) < 4.78 is 10.7. The van der Waals surface area contributed by atoms with Crippen LogP contribution in [0.25, 0.3) is 0 Å². The second-order valence-corrected chi connectivity index (χ2v) is 5.65. The smallest absolute Gasteiger partial charge is 0.123 e. The highest BCUT2D eigenvalue weighted by atomic mass is 16.5. The molecule has 0 bridgehead atoms. The molecule has 3 N–H and O–H groups in total. The minimum Gasteiger partial charge on any atom is -0.496 e. The molecule has 1 atom stereocenters. The number of hydrogen-bond acceptors (Lipinski definition) is 4. The number of methoxy groups -OCH3 is 1. The Bertz CT molecular complexity index is 436. The van der Waals surface area contributed by atoms with Gasteiger partial charge < -0.3 is 20.3 Å². The second-order valence-electron chi connectivity index (χ2n) is 5.65. The lowest BCUT2D eigenvalue weighted by atomic mass is 9.76. The first kappa shape index (κ1) is 14.3. The highest BCUT2D eigenvalue weighted by Crippen LogP contribution is 2.42. The van der Waals surface area contributed by atoms with E-state index in [-0.39, 0.29) is 18.1 Å². The van der Waals surface area contributed by atoms with Gasteiger partial charge in [-0.15, -0.1) is 0 Å². The summed E-state index contributed by atoms with van der Waals surface area (Å²) in [5.41, 5.74) is 8.11. The molecule has 19 heavy (non-hydrogen) atoms. The Morgan fingerprint density at radius 3 is 2.53 bits per heavy atom. The first-order chi connectivity index (χ1) is 9.04. The summed E-state index contributed by atoms with van der Waals surface area (Å²) in [6.45, 7) is 5.31. The minimum atomic E-state index is -0.368. The van der Waals surface area contributed by atoms with Crippen molar-refractivity contribution in [2.75, 3.05) is 26.9 Å². The summed E-state index contributed by atoms with van der Waals surface area (Å²) in [6.07, 6.45) is 0. The van der Waals surface area contributed by atoms with E-state index in [0.29, 0.717) is 19.1 Å². The Kier molecular flexibility index (Phi) is 4.13. The average Bonchev–Trinajstić information content (AvgIpc) is 2.37. The molecule has 0 radical (unpaired) electrons. The lowest BCUT2D eigenvalue weighted by Gasteiger charge is -2.44. The highest BCUT2D eigenvalue weighted by Gasteiger charge is 2.45. The van der Waals surface area contributed by atoms with Gasteiger partial charge in [-0.05, 0) is 17.5 Å². The third-order valence-electron chi connectivity index (χ3n) is 4.01. The van der Waals surface area contributed by atoms with Crippen molar-refractivity contribution in [1.29, 1.82) is 0 Å². The van der Waals surface area contributed by atoms with Crippen molar-refractivity contribution >= 4 is 0 Å². The first-order valence-electron chi connectivity index (χ1n) is 6.66. The van der Waals surface area contributed by atoms with Crippen LogP contribution in [0.5, 0.6) is 5.75 Å². The molecule has 1 aromatic carbocycles. The number of ether oxygens (including phenoxy) is 2. The van der Waals surface area contributed by atoms with Gasteiger partial charge in [0.05, 0.1) is 32.3 Å². The van der Waals surface area contributed by atoms with Crippen LogP contribution in [0.1, 0.15) is 36.9 Å². The highest BCUT2D eigenvalue weighted by molar-refractivity contribution is 5.41. The fourth-order valence-electron chi connectivity index (χ4n) is 2.41. The SMILES string of the molecule is COc1cc(C(C)C)ccc1C(N)C1(CO)COC1. The summed E-state index contributed by atoms with van der Waals surface area (Å²) in [5, 5.41) is 9.57. The van der Waals surface area contributed by atoms with Crippen molar-refractivity contribution in [3.8, 4) is 5.75 Å². The van der Waals surface area contributed by atoms with Gasteiger partial charge in [0.2, 0.25) is 0 Å². The van der Waals surface area contributed by atoms with E-state index in [1.165, 1.54) is 5.56 Å². The van der Waals surface area contributed by atoms with Crippen molar-refractivity contribution in [2.24, 2.45) is 11.1 Å². The van der Waals surface area contributed by atoms with Crippen LogP contribution in [0.2, 0.25) is 0 Å². The Labute approximate surface area is 114 Å². The lowest BCUT2D eigenvalue weighted by Crippen LogP contribution is -2.52. The molecule has 0 aliphatic carbocycles. The number of hydrogen-bond donors (Lipinski definition) is 2. The average molecular weight is 265 g/mol. The van der Waals surface area contributed by atoms with Crippen LogP contribution >= 0.6 is 0 Å². The van der Waals surface area contributed by atoms with Crippen LogP contribution < -0.4 is 10.5 Å². The molecule has 106 valence electrons. The summed E-state index contributed by atoms with van der Waals surface area (Å²) in [4.78, 5) is 0. The van der Waals surface area contributed by atoms with E-state index in [1.54, 1.807) is 7.11 Å². The molecule has 0 spiro atoms. The zero-order chi connectivity index (χ0) is 14.0. The molecular formula is C15H23NO3. The van der Waals surface area contributed by atoms with Gasteiger partial charge in [-0.1, -0.05) is 26.0 Å². The molecule has 0 saturated carbocycles. The number of aliphatic hydroxyl groups is 1. The van der Waals surface area contributed by atoms with Gasteiger partial charge in [-0.2, -0.15) is 0 Å². The fourth-order valence-corrected chi connectivity index (χ4v) is 2.41. The Hall–Kier alpha value is -1.10. The van der Waals surface area contributed by atoms with Crippen molar-refractivity contribution in [1.82, 2.24) is 0 Å². The predicted molar refractivity (Wildman–Crippen MR) is 74.3 cm³/mol. The maximum absolute atomic E-state index is 9.57. The van der Waals surface area contributed by atoms with Gasteiger partial charge in [0.15, 0.2) is 0 Å². The van der Waals surface area contributed by atoms with Crippen molar-refractivity contribution in [3.63, 3.8) is 0 Å². The molecule has 1 aliphatic heterocycles. The number of aliphatic hydroxyl groups excluding tert-OH is 1. The summed E-state index contributed by atoms with van der Waals surface area (Å²) in [5.74, 6) is 1.23. The van der Waals surface area contributed by atoms with Crippen LogP contribution in [0.3, 0.4) is 0 Å². The Morgan fingerprint density at radius 1 is 1.42 bits per heavy atom. The third-order valence-corrected chi connectivity index (χ3v) is 4.01. The zero-order valence-electron chi connectivity index (χ0n) is 11.8. The number of rotatable bonds is 5. The molecule has 1 aliphatic rings. The molecule has 2 rings (SSSR count). The normalized spacial score (nSPS) is 19.1. The fraction of sp³-hybridized carbons (Fsp3) is 0.600. The molecule has 1 unspecified atom stereocenters. The van der Waals surface area contributed by atoms with Gasteiger partial charge in [0.25, 0.3) is 0 Å². The van der Waals surface area contributed by atoms with E-state index >= 15 is 0 Å². The lowest BCUT2D eigenvalue weighted by molar-refractivity contribution is -0.150. The molecule has 0 aromatic heterocycles. The Morgan fingerprint density at radius 2 is 2.11 bits per heavy atom. The second kappa shape index (κ2) is 5.49. The monoisotopic (exact) mass is 265 g/mol. The van der Waals surface area contributed by atoms with Gasteiger partial charge >= 0.3 is 0 Å². The molecule has 1 aromatic rings. The number of benzene rings is 1. The molecule has 1 saturated heterocycles. The molecule has 0 amide bonds. The largest absolute Gasteiger partial charge is 0.496 e. The van der Waals surface area contributed by atoms with Crippen molar-refractivity contribution in [3.05, 3.63) is 29.3 Å². The Balaban J connectivity index is 2.33. The molecule has 4 heteroatoms. The van der Waals surface area contributed by atoms with Crippen LogP contribution in [-0.4, -0.2) is 32.0 Å². The van der Waals surface area contributed by atoms with Crippen LogP contribution in [0.15, 0.2) is 18.2 Å². The van der Waals surface area contributed by atoms with Crippen LogP contribution in [-0.2, 0) is 4.74 Å². The number of nitrogens with two attached hydrogens (primary N) is 1. The van der Waals surface area contributed by atoms with Gasteiger partial charge in [-0.25, -0.2) is 0 Å².